The average molecular weight is 338 g/mol. The molecule has 22 heavy (non-hydrogen) atoms. The highest BCUT2D eigenvalue weighted by Crippen LogP contribution is 2.26. The summed E-state index contributed by atoms with van der Waals surface area (Å²) in [6.45, 7) is 3.75. The molecule has 0 fully saturated rings. The number of amides is 1. The van der Waals surface area contributed by atoms with Gasteiger partial charge in [0.1, 0.15) is 5.75 Å². The summed E-state index contributed by atoms with van der Waals surface area (Å²) in [7, 11) is 0. The average Bonchev–Trinajstić information content (AvgIpc) is 2.46. The quantitative estimate of drug-likeness (QED) is 0.868. The fourth-order valence-corrected chi connectivity index (χ4v) is 2.65. The van der Waals surface area contributed by atoms with Crippen molar-refractivity contribution in [1.82, 2.24) is 5.32 Å². The summed E-state index contributed by atoms with van der Waals surface area (Å²) in [5, 5.41) is 3.95. The molecule has 2 aromatic carbocycles. The summed E-state index contributed by atoms with van der Waals surface area (Å²) >= 11 is 12.0. The zero-order valence-electron chi connectivity index (χ0n) is 12.4. The zero-order chi connectivity index (χ0) is 16.1. The third kappa shape index (κ3) is 4.39. The van der Waals surface area contributed by atoms with E-state index < -0.39 is 0 Å². The normalized spacial score (nSPS) is 11.8. The molecule has 2 rings (SSSR count). The summed E-state index contributed by atoms with van der Waals surface area (Å²) in [6.07, 6.45) is 0. The molecule has 0 aliphatic rings. The molecule has 5 heteroatoms. The van der Waals surface area contributed by atoms with Crippen LogP contribution in [-0.4, -0.2) is 12.5 Å². The standard InChI is InChI=1S/C17H17Cl2NO2/c1-11-5-3-4-6-16(11)22-10-17(21)20-12(2)14-8-7-13(18)9-15(14)19/h3-9,12H,10H2,1-2H3,(H,20,21)/t12-/m0/s1. The van der Waals surface area contributed by atoms with Gasteiger partial charge in [0.15, 0.2) is 6.61 Å². The lowest BCUT2D eigenvalue weighted by molar-refractivity contribution is -0.123. The molecular weight excluding hydrogens is 321 g/mol. The number of hydrogen-bond donors (Lipinski definition) is 1. The first-order valence-corrected chi connectivity index (χ1v) is 7.65. The molecule has 116 valence electrons. The Morgan fingerprint density at radius 2 is 1.95 bits per heavy atom. The molecule has 2 aromatic rings. The number of ether oxygens (including phenoxy) is 1. The van der Waals surface area contributed by atoms with E-state index in [0.29, 0.717) is 15.8 Å². The van der Waals surface area contributed by atoms with Crippen molar-refractivity contribution in [2.45, 2.75) is 19.9 Å². The number of carbonyl (C=O) groups excluding carboxylic acids is 1. The topological polar surface area (TPSA) is 38.3 Å². The van der Waals surface area contributed by atoms with Crippen molar-refractivity contribution >= 4 is 29.1 Å². The fraction of sp³-hybridized carbons (Fsp3) is 0.235. The number of aryl methyl sites for hydroxylation is 1. The Kier molecular flexibility index (Phi) is 5.69. The van der Waals surface area contributed by atoms with E-state index in [4.69, 9.17) is 27.9 Å². The summed E-state index contributed by atoms with van der Waals surface area (Å²) in [6, 6.07) is 12.5. The molecule has 0 aliphatic carbocycles. The maximum Gasteiger partial charge on any atom is 0.258 e. The Balaban J connectivity index is 1.93. The van der Waals surface area contributed by atoms with Gasteiger partial charge in [0.2, 0.25) is 0 Å². The van der Waals surface area contributed by atoms with Crippen LogP contribution in [0.2, 0.25) is 10.0 Å². The Bertz CT molecular complexity index is 673. The molecule has 0 unspecified atom stereocenters. The second kappa shape index (κ2) is 7.52. The Morgan fingerprint density at radius 3 is 2.64 bits per heavy atom. The van der Waals surface area contributed by atoms with Crippen LogP contribution in [-0.2, 0) is 4.79 Å². The maximum atomic E-state index is 12.0. The Morgan fingerprint density at radius 1 is 1.23 bits per heavy atom. The minimum atomic E-state index is -0.224. The van der Waals surface area contributed by atoms with Gasteiger partial charge in [-0.2, -0.15) is 0 Å². The van der Waals surface area contributed by atoms with Gasteiger partial charge in [-0.15, -0.1) is 0 Å². The van der Waals surface area contributed by atoms with Gasteiger partial charge in [-0.1, -0.05) is 47.5 Å². The second-order valence-corrected chi connectivity index (χ2v) is 5.85. The van der Waals surface area contributed by atoms with Gasteiger partial charge in [0.25, 0.3) is 5.91 Å². The number of para-hydroxylation sites is 1. The molecular formula is C17H17Cl2NO2. The zero-order valence-corrected chi connectivity index (χ0v) is 13.9. The SMILES string of the molecule is Cc1ccccc1OCC(=O)N[C@@H](C)c1ccc(Cl)cc1Cl. The van der Waals surface area contributed by atoms with Gasteiger partial charge in [0.05, 0.1) is 6.04 Å². The van der Waals surface area contributed by atoms with Crippen LogP contribution in [0, 0.1) is 6.92 Å². The summed E-state index contributed by atoms with van der Waals surface area (Å²) in [4.78, 5) is 12.0. The van der Waals surface area contributed by atoms with Crippen molar-refractivity contribution in [2.75, 3.05) is 6.61 Å². The van der Waals surface area contributed by atoms with E-state index in [-0.39, 0.29) is 18.6 Å². The molecule has 0 aromatic heterocycles. The van der Waals surface area contributed by atoms with Gasteiger partial charge < -0.3 is 10.1 Å². The van der Waals surface area contributed by atoms with Crippen molar-refractivity contribution in [3.05, 3.63) is 63.6 Å². The van der Waals surface area contributed by atoms with Crippen LogP contribution < -0.4 is 10.1 Å². The summed E-state index contributed by atoms with van der Waals surface area (Å²) in [5.74, 6) is 0.497. The van der Waals surface area contributed by atoms with Gasteiger partial charge in [0, 0.05) is 10.0 Å². The smallest absolute Gasteiger partial charge is 0.258 e. The van der Waals surface area contributed by atoms with E-state index in [0.717, 1.165) is 11.1 Å². The van der Waals surface area contributed by atoms with Gasteiger partial charge >= 0.3 is 0 Å². The van der Waals surface area contributed by atoms with Crippen LogP contribution in [0.1, 0.15) is 24.1 Å². The summed E-state index contributed by atoms with van der Waals surface area (Å²) < 4.78 is 5.52. The molecule has 1 N–H and O–H groups in total. The molecule has 0 heterocycles. The number of nitrogens with one attached hydrogen (secondary N) is 1. The number of halogens is 2. The number of rotatable bonds is 5. The lowest BCUT2D eigenvalue weighted by atomic mass is 10.1. The minimum absolute atomic E-state index is 0.0413. The molecule has 1 atom stereocenters. The van der Waals surface area contributed by atoms with Crippen molar-refractivity contribution in [2.24, 2.45) is 0 Å². The molecule has 0 bridgehead atoms. The van der Waals surface area contributed by atoms with Crippen molar-refractivity contribution in [3.8, 4) is 5.75 Å². The minimum Gasteiger partial charge on any atom is -0.484 e. The monoisotopic (exact) mass is 337 g/mol. The molecule has 0 aliphatic heterocycles. The summed E-state index contributed by atoms with van der Waals surface area (Å²) in [5.41, 5.74) is 1.81. The van der Waals surface area contributed by atoms with Crippen LogP contribution in [0.25, 0.3) is 0 Å². The van der Waals surface area contributed by atoms with Crippen LogP contribution in [0.4, 0.5) is 0 Å². The molecule has 0 spiro atoms. The van der Waals surface area contributed by atoms with E-state index in [1.807, 2.05) is 38.1 Å². The van der Waals surface area contributed by atoms with E-state index in [2.05, 4.69) is 5.32 Å². The van der Waals surface area contributed by atoms with Crippen LogP contribution in [0.3, 0.4) is 0 Å². The van der Waals surface area contributed by atoms with E-state index >= 15 is 0 Å². The van der Waals surface area contributed by atoms with E-state index in [9.17, 15) is 4.79 Å². The van der Waals surface area contributed by atoms with Gasteiger partial charge in [-0.25, -0.2) is 0 Å². The van der Waals surface area contributed by atoms with Crippen LogP contribution in [0.15, 0.2) is 42.5 Å². The Hall–Kier alpha value is -1.71. The lowest BCUT2D eigenvalue weighted by Gasteiger charge is -2.16. The first kappa shape index (κ1) is 16.7. The fourth-order valence-electron chi connectivity index (χ4n) is 2.08. The first-order valence-electron chi connectivity index (χ1n) is 6.90. The molecule has 1 amide bonds. The predicted molar refractivity (Wildman–Crippen MR) is 89.7 cm³/mol. The second-order valence-electron chi connectivity index (χ2n) is 5.01. The van der Waals surface area contributed by atoms with E-state index in [1.54, 1.807) is 18.2 Å². The van der Waals surface area contributed by atoms with Crippen molar-refractivity contribution in [1.29, 1.82) is 0 Å². The highest BCUT2D eigenvalue weighted by atomic mass is 35.5. The maximum absolute atomic E-state index is 12.0. The van der Waals surface area contributed by atoms with Gasteiger partial charge in [-0.3, -0.25) is 4.79 Å². The highest BCUT2D eigenvalue weighted by Gasteiger charge is 2.13. The van der Waals surface area contributed by atoms with Crippen LogP contribution >= 0.6 is 23.2 Å². The van der Waals surface area contributed by atoms with Crippen molar-refractivity contribution < 1.29 is 9.53 Å². The Labute approximate surface area is 140 Å². The molecule has 0 saturated carbocycles. The molecule has 0 radical (unpaired) electrons. The first-order chi connectivity index (χ1) is 10.5. The number of hydrogen-bond acceptors (Lipinski definition) is 2. The third-order valence-corrected chi connectivity index (χ3v) is 3.82. The largest absolute Gasteiger partial charge is 0.484 e. The number of benzene rings is 2. The lowest BCUT2D eigenvalue weighted by Crippen LogP contribution is -2.31. The molecule has 0 saturated heterocycles. The predicted octanol–water partition coefficient (Wildman–Crippen LogP) is 4.56. The highest BCUT2D eigenvalue weighted by molar-refractivity contribution is 6.35. The van der Waals surface area contributed by atoms with E-state index in [1.165, 1.54) is 0 Å². The third-order valence-electron chi connectivity index (χ3n) is 3.26. The van der Waals surface area contributed by atoms with Crippen molar-refractivity contribution in [3.63, 3.8) is 0 Å². The molecule has 3 nitrogen and oxygen atoms in total. The van der Waals surface area contributed by atoms with Gasteiger partial charge in [-0.05, 0) is 43.2 Å². The number of carbonyl (C=O) groups is 1. The van der Waals surface area contributed by atoms with Crippen LogP contribution in [0.5, 0.6) is 5.75 Å².